The second-order valence-electron chi connectivity index (χ2n) is 7.15. The Morgan fingerprint density at radius 2 is 1.97 bits per heavy atom. The quantitative estimate of drug-likeness (QED) is 0.442. The Hall–Kier alpha value is -2.83. The number of oxime groups is 1. The van der Waals surface area contributed by atoms with E-state index in [1.54, 1.807) is 0 Å². The fourth-order valence-electron chi connectivity index (χ4n) is 2.92. The molecule has 1 aromatic carbocycles. The van der Waals surface area contributed by atoms with Crippen LogP contribution in [0.4, 0.5) is 5.13 Å². The van der Waals surface area contributed by atoms with Gasteiger partial charge in [0.25, 0.3) is 11.8 Å². The van der Waals surface area contributed by atoms with Gasteiger partial charge in [-0.05, 0) is 25.0 Å². The highest BCUT2D eigenvalue weighted by Crippen LogP contribution is 2.33. The third kappa shape index (κ3) is 4.92. The first-order valence-electron chi connectivity index (χ1n) is 9.57. The van der Waals surface area contributed by atoms with E-state index in [9.17, 15) is 18.0 Å². The molecule has 1 aromatic heterocycles. The predicted octanol–water partition coefficient (Wildman–Crippen LogP) is 1.33. The molecule has 0 radical (unpaired) electrons. The van der Waals surface area contributed by atoms with Crippen molar-refractivity contribution in [3.8, 4) is 0 Å². The molecule has 0 spiro atoms. The molecule has 3 N–H and O–H groups in total. The van der Waals surface area contributed by atoms with E-state index in [0.717, 1.165) is 11.3 Å². The van der Waals surface area contributed by atoms with Crippen molar-refractivity contribution in [2.75, 3.05) is 18.5 Å². The van der Waals surface area contributed by atoms with Gasteiger partial charge in [-0.2, -0.15) is 0 Å². The lowest BCUT2D eigenvalue weighted by atomic mass is 10.1. The highest BCUT2D eigenvalue weighted by Gasteiger charge is 2.36. The maximum atomic E-state index is 12.9. The van der Waals surface area contributed by atoms with E-state index in [1.165, 1.54) is 30.5 Å². The molecule has 1 aliphatic heterocycles. The maximum absolute atomic E-state index is 12.9. The summed E-state index contributed by atoms with van der Waals surface area (Å²) in [5.41, 5.74) is 5.53. The van der Waals surface area contributed by atoms with Crippen LogP contribution >= 0.6 is 11.3 Å². The second-order valence-corrected chi connectivity index (χ2v) is 10.4. The number of anilines is 1. The zero-order valence-electron chi connectivity index (χ0n) is 16.3. The largest absolute Gasteiger partial charge is 0.389 e. The van der Waals surface area contributed by atoms with Crippen molar-refractivity contribution in [1.29, 1.82) is 0 Å². The summed E-state index contributed by atoms with van der Waals surface area (Å²) in [6.45, 7) is 0.913. The Morgan fingerprint density at radius 1 is 1.23 bits per heavy atom. The Bertz CT molecular complexity index is 1120. The van der Waals surface area contributed by atoms with Crippen LogP contribution in [0.3, 0.4) is 0 Å². The number of ether oxygens (including phenoxy) is 1. The Labute approximate surface area is 182 Å². The van der Waals surface area contributed by atoms with Gasteiger partial charge in [0.1, 0.15) is 4.88 Å². The van der Waals surface area contributed by atoms with E-state index in [1.807, 2.05) is 0 Å². The zero-order valence-corrected chi connectivity index (χ0v) is 17.9. The van der Waals surface area contributed by atoms with Gasteiger partial charge in [0, 0.05) is 12.0 Å². The fourth-order valence-corrected chi connectivity index (χ4v) is 5.24. The summed E-state index contributed by atoms with van der Waals surface area (Å²) in [5, 5.41) is 6.42. The molecule has 2 amide bonds. The summed E-state index contributed by atoms with van der Waals surface area (Å²) in [7, 11) is -3.35. The number of benzene rings is 1. The minimum atomic E-state index is -3.35. The number of rotatable bonds is 8. The third-order valence-electron chi connectivity index (χ3n) is 4.78. The lowest BCUT2D eigenvalue weighted by molar-refractivity contribution is -0.110. The molecule has 0 bridgehead atoms. The number of aromatic nitrogens is 1. The van der Waals surface area contributed by atoms with Gasteiger partial charge in [0.2, 0.25) is 0 Å². The molecule has 2 heterocycles. The van der Waals surface area contributed by atoms with Crippen molar-refractivity contribution in [3.05, 3.63) is 40.9 Å². The minimum absolute atomic E-state index is 0.0573. The van der Waals surface area contributed by atoms with Gasteiger partial charge in [0.05, 0.1) is 29.6 Å². The van der Waals surface area contributed by atoms with Crippen LogP contribution in [0.5, 0.6) is 0 Å². The molecule has 2 aliphatic rings. The average molecular weight is 465 g/mol. The van der Waals surface area contributed by atoms with Crippen molar-refractivity contribution < 1.29 is 27.6 Å². The molecule has 12 heteroatoms. The summed E-state index contributed by atoms with van der Waals surface area (Å²) < 4.78 is 30.1. The van der Waals surface area contributed by atoms with Crippen LogP contribution in [0.15, 0.2) is 40.5 Å². The third-order valence-corrected chi connectivity index (χ3v) is 7.99. The first-order valence-corrected chi connectivity index (χ1v) is 11.9. The van der Waals surface area contributed by atoms with Crippen LogP contribution in [0.2, 0.25) is 0 Å². The number of thiazole rings is 1. The first kappa shape index (κ1) is 21.4. The van der Waals surface area contributed by atoms with Crippen molar-refractivity contribution >= 4 is 43.8 Å². The molecule has 1 aliphatic carbocycles. The summed E-state index contributed by atoms with van der Waals surface area (Å²) in [5.74, 6) is -1.27. The van der Waals surface area contributed by atoms with Crippen molar-refractivity contribution in [2.24, 2.45) is 10.9 Å². The van der Waals surface area contributed by atoms with E-state index < -0.39 is 21.7 Å². The van der Waals surface area contributed by atoms with Crippen LogP contribution in [0.25, 0.3) is 0 Å². The zero-order chi connectivity index (χ0) is 22.0. The van der Waals surface area contributed by atoms with E-state index in [0.29, 0.717) is 38.0 Å². The highest BCUT2D eigenvalue weighted by atomic mass is 32.2. The molecule has 31 heavy (non-hydrogen) atoms. The normalized spacial score (nSPS) is 19.2. The van der Waals surface area contributed by atoms with Gasteiger partial charge in [-0.1, -0.05) is 28.6 Å². The van der Waals surface area contributed by atoms with Crippen LogP contribution < -0.4 is 11.1 Å². The Balaban J connectivity index is 1.57. The number of hydrogen-bond acceptors (Lipinski definition) is 9. The molecule has 1 saturated carbocycles. The molecule has 0 unspecified atom stereocenters. The maximum Gasteiger partial charge on any atom is 0.280 e. The molecule has 10 nitrogen and oxygen atoms in total. The van der Waals surface area contributed by atoms with E-state index in [2.05, 4.69) is 15.5 Å². The number of carbonyl (C=O) groups excluding carboxylic acids is 2. The van der Waals surface area contributed by atoms with E-state index >= 15 is 0 Å². The molecular weight excluding hydrogens is 444 g/mol. The summed E-state index contributed by atoms with van der Waals surface area (Å²) >= 11 is 0.929. The molecule has 4 rings (SSSR count). The summed E-state index contributed by atoms with van der Waals surface area (Å²) in [4.78, 5) is 33.9. The van der Waals surface area contributed by atoms with Gasteiger partial charge < -0.3 is 15.3 Å². The van der Waals surface area contributed by atoms with Crippen LogP contribution in [-0.2, 0) is 24.2 Å². The monoisotopic (exact) mass is 464 g/mol. The Kier molecular flexibility index (Phi) is 6.03. The number of carbonyl (C=O) groups is 2. The van der Waals surface area contributed by atoms with E-state index in [-0.39, 0.29) is 32.0 Å². The standard InChI is InChI=1S/C19H20N4O6S2/c20-17(24)15-9-21-19(30-15)22-18(25)16(23-29-12-7-8-28-10-12)11-1-3-13(4-2-11)31(26,27)14-5-6-14/h1-4,9,12,14H,5-8,10H2,(H2,20,24)(H,21,22,25)/t12-/m1/s1. The van der Waals surface area contributed by atoms with Crippen molar-refractivity contribution in [1.82, 2.24) is 4.98 Å². The number of nitrogens with two attached hydrogens (primary N) is 1. The molecule has 2 fully saturated rings. The first-order chi connectivity index (χ1) is 14.8. The topological polar surface area (TPSA) is 150 Å². The molecule has 1 saturated heterocycles. The molecule has 1 atom stereocenters. The van der Waals surface area contributed by atoms with Gasteiger partial charge in [-0.15, -0.1) is 0 Å². The number of nitrogens with one attached hydrogen (secondary N) is 1. The second kappa shape index (κ2) is 8.73. The summed E-state index contributed by atoms with van der Waals surface area (Å²) in [6, 6.07) is 5.94. The van der Waals surface area contributed by atoms with E-state index in [4.69, 9.17) is 15.3 Å². The fraction of sp³-hybridized carbons (Fsp3) is 0.368. The van der Waals surface area contributed by atoms with Crippen LogP contribution in [0, 0.1) is 0 Å². The van der Waals surface area contributed by atoms with Crippen LogP contribution in [0.1, 0.15) is 34.5 Å². The predicted molar refractivity (Wildman–Crippen MR) is 113 cm³/mol. The number of amides is 2. The summed E-state index contributed by atoms with van der Waals surface area (Å²) in [6.07, 6.45) is 2.96. The smallest absolute Gasteiger partial charge is 0.280 e. The number of sulfone groups is 1. The van der Waals surface area contributed by atoms with Crippen molar-refractivity contribution in [3.63, 3.8) is 0 Å². The molecule has 2 aromatic rings. The van der Waals surface area contributed by atoms with Gasteiger partial charge in [0.15, 0.2) is 26.8 Å². The molecular formula is C19H20N4O6S2. The number of primary amides is 1. The van der Waals surface area contributed by atoms with Gasteiger partial charge in [-0.3, -0.25) is 14.9 Å². The minimum Gasteiger partial charge on any atom is -0.389 e. The lowest BCUT2D eigenvalue weighted by Gasteiger charge is -2.10. The lowest BCUT2D eigenvalue weighted by Crippen LogP contribution is -2.25. The number of hydrogen-bond donors (Lipinski definition) is 2. The molecule has 164 valence electrons. The van der Waals surface area contributed by atoms with Crippen LogP contribution in [-0.4, -0.2) is 55.5 Å². The number of nitrogens with zero attached hydrogens (tertiary/aromatic N) is 2. The van der Waals surface area contributed by atoms with Gasteiger partial charge in [-0.25, -0.2) is 13.4 Å². The van der Waals surface area contributed by atoms with Gasteiger partial charge >= 0.3 is 0 Å². The van der Waals surface area contributed by atoms with Crippen molar-refractivity contribution in [2.45, 2.75) is 35.5 Å². The highest BCUT2D eigenvalue weighted by molar-refractivity contribution is 7.92. The average Bonchev–Trinajstić information content (AvgIpc) is 3.29. The Morgan fingerprint density at radius 3 is 2.55 bits per heavy atom. The SMILES string of the molecule is NC(=O)c1cnc(NC(=O)C(=NO[C@@H]2CCOC2)c2ccc(S(=O)(=O)C3CC3)cc2)s1.